The van der Waals surface area contributed by atoms with Gasteiger partial charge in [0, 0.05) is 21.7 Å². The first-order chi connectivity index (χ1) is 8.69. The lowest BCUT2D eigenvalue weighted by atomic mass is 10.1. The molecule has 0 radical (unpaired) electrons. The van der Waals surface area contributed by atoms with Crippen LogP contribution >= 0.6 is 23.4 Å². The van der Waals surface area contributed by atoms with Gasteiger partial charge < -0.3 is 5.73 Å². The SMILES string of the molecule is Cc1cccc(C(CN)Sc2ccc(Cl)cc2)c1. The van der Waals surface area contributed by atoms with Crippen LogP contribution in [0.4, 0.5) is 0 Å². The average Bonchev–Trinajstić information content (AvgIpc) is 2.38. The second-order valence-electron chi connectivity index (χ2n) is 4.21. The van der Waals surface area contributed by atoms with Crippen LogP contribution in [0.3, 0.4) is 0 Å². The van der Waals surface area contributed by atoms with E-state index in [4.69, 9.17) is 17.3 Å². The molecule has 0 amide bonds. The highest BCUT2D eigenvalue weighted by Crippen LogP contribution is 2.35. The van der Waals surface area contributed by atoms with Crippen LogP contribution in [0.1, 0.15) is 16.4 Å². The molecule has 0 saturated heterocycles. The van der Waals surface area contributed by atoms with Gasteiger partial charge in [-0.15, -0.1) is 11.8 Å². The van der Waals surface area contributed by atoms with Crippen molar-refractivity contribution >= 4 is 23.4 Å². The summed E-state index contributed by atoms with van der Waals surface area (Å²) in [5.74, 6) is 0. The highest BCUT2D eigenvalue weighted by atomic mass is 35.5. The summed E-state index contributed by atoms with van der Waals surface area (Å²) >= 11 is 7.66. The Labute approximate surface area is 117 Å². The molecule has 1 atom stereocenters. The van der Waals surface area contributed by atoms with E-state index in [1.165, 1.54) is 16.0 Å². The zero-order chi connectivity index (χ0) is 13.0. The van der Waals surface area contributed by atoms with Gasteiger partial charge in [0.1, 0.15) is 0 Å². The molecule has 2 aromatic carbocycles. The van der Waals surface area contributed by atoms with Gasteiger partial charge in [-0.05, 0) is 36.8 Å². The van der Waals surface area contributed by atoms with Crippen LogP contribution in [-0.2, 0) is 0 Å². The summed E-state index contributed by atoms with van der Waals surface area (Å²) in [6.45, 7) is 2.72. The van der Waals surface area contributed by atoms with Crippen LogP contribution < -0.4 is 5.73 Å². The van der Waals surface area contributed by atoms with E-state index in [1.54, 1.807) is 11.8 Å². The van der Waals surface area contributed by atoms with Crippen molar-refractivity contribution in [1.29, 1.82) is 0 Å². The number of nitrogens with two attached hydrogens (primary N) is 1. The van der Waals surface area contributed by atoms with E-state index in [0.29, 0.717) is 6.54 Å². The summed E-state index contributed by atoms with van der Waals surface area (Å²) in [7, 11) is 0. The minimum Gasteiger partial charge on any atom is -0.329 e. The van der Waals surface area contributed by atoms with E-state index >= 15 is 0 Å². The van der Waals surface area contributed by atoms with E-state index in [-0.39, 0.29) is 5.25 Å². The van der Waals surface area contributed by atoms with Crippen molar-refractivity contribution in [2.45, 2.75) is 17.1 Å². The lowest BCUT2D eigenvalue weighted by molar-refractivity contribution is 0.939. The number of halogens is 1. The maximum absolute atomic E-state index is 5.89. The first-order valence-electron chi connectivity index (χ1n) is 5.88. The Hall–Kier alpha value is -0.960. The lowest BCUT2D eigenvalue weighted by Gasteiger charge is -2.15. The Bertz CT molecular complexity index is 510. The molecule has 0 aromatic heterocycles. The first-order valence-corrected chi connectivity index (χ1v) is 7.13. The van der Waals surface area contributed by atoms with E-state index < -0.39 is 0 Å². The molecule has 1 unspecified atom stereocenters. The predicted octanol–water partition coefficient (Wildman–Crippen LogP) is 4.44. The zero-order valence-corrected chi connectivity index (χ0v) is 11.8. The molecule has 0 fully saturated rings. The molecule has 0 aliphatic heterocycles. The van der Waals surface area contributed by atoms with Gasteiger partial charge in [0.25, 0.3) is 0 Å². The second kappa shape index (κ2) is 6.28. The smallest absolute Gasteiger partial charge is 0.0466 e. The molecular formula is C15H16ClNS. The van der Waals surface area contributed by atoms with Crippen LogP contribution in [0.2, 0.25) is 5.02 Å². The number of rotatable bonds is 4. The molecule has 0 spiro atoms. The summed E-state index contributed by atoms with van der Waals surface area (Å²) in [6, 6.07) is 16.4. The van der Waals surface area contributed by atoms with Crippen molar-refractivity contribution in [2.75, 3.05) is 6.54 Å². The Morgan fingerprint density at radius 3 is 2.50 bits per heavy atom. The highest BCUT2D eigenvalue weighted by Gasteiger charge is 2.11. The lowest BCUT2D eigenvalue weighted by Crippen LogP contribution is -2.09. The van der Waals surface area contributed by atoms with Crippen LogP contribution in [0, 0.1) is 6.92 Å². The quantitative estimate of drug-likeness (QED) is 0.836. The van der Waals surface area contributed by atoms with Crippen molar-refractivity contribution in [3.05, 3.63) is 64.7 Å². The van der Waals surface area contributed by atoms with Gasteiger partial charge in [0.05, 0.1) is 0 Å². The molecule has 2 N–H and O–H groups in total. The molecule has 1 nitrogen and oxygen atoms in total. The van der Waals surface area contributed by atoms with Crippen LogP contribution in [0.5, 0.6) is 0 Å². The van der Waals surface area contributed by atoms with Crippen molar-refractivity contribution in [3.63, 3.8) is 0 Å². The van der Waals surface area contributed by atoms with Crippen LogP contribution in [-0.4, -0.2) is 6.54 Å². The fourth-order valence-electron chi connectivity index (χ4n) is 1.80. The Kier molecular flexibility index (Phi) is 4.70. The first kappa shape index (κ1) is 13.5. The van der Waals surface area contributed by atoms with E-state index in [1.807, 2.05) is 24.3 Å². The summed E-state index contributed by atoms with van der Waals surface area (Å²) in [6.07, 6.45) is 0. The second-order valence-corrected chi connectivity index (χ2v) is 5.92. The molecule has 18 heavy (non-hydrogen) atoms. The van der Waals surface area contributed by atoms with Crippen LogP contribution in [0.15, 0.2) is 53.4 Å². The molecular weight excluding hydrogens is 262 g/mol. The summed E-state index contributed by atoms with van der Waals surface area (Å²) in [5, 5.41) is 1.05. The third-order valence-corrected chi connectivity index (χ3v) is 4.27. The fraction of sp³-hybridized carbons (Fsp3) is 0.200. The van der Waals surface area contributed by atoms with E-state index in [9.17, 15) is 0 Å². The number of hydrogen-bond donors (Lipinski definition) is 1. The molecule has 0 aliphatic rings. The zero-order valence-electron chi connectivity index (χ0n) is 10.3. The third-order valence-electron chi connectivity index (χ3n) is 2.72. The molecule has 94 valence electrons. The topological polar surface area (TPSA) is 26.0 Å². The summed E-state index contributed by atoms with van der Waals surface area (Å²) in [4.78, 5) is 1.19. The fourth-order valence-corrected chi connectivity index (χ4v) is 2.93. The normalized spacial score (nSPS) is 12.4. The Balaban J connectivity index is 2.17. The van der Waals surface area contributed by atoms with Gasteiger partial charge in [-0.3, -0.25) is 0 Å². The Morgan fingerprint density at radius 2 is 1.89 bits per heavy atom. The van der Waals surface area contributed by atoms with Crippen molar-refractivity contribution < 1.29 is 0 Å². The molecule has 0 aliphatic carbocycles. The van der Waals surface area contributed by atoms with Crippen molar-refractivity contribution in [1.82, 2.24) is 0 Å². The monoisotopic (exact) mass is 277 g/mol. The van der Waals surface area contributed by atoms with Gasteiger partial charge in [-0.25, -0.2) is 0 Å². The summed E-state index contributed by atoms with van der Waals surface area (Å²) in [5.41, 5.74) is 8.43. The third kappa shape index (κ3) is 3.52. The summed E-state index contributed by atoms with van der Waals surface area (Å²) < 4.78 is 0. The number of thioether (sulfide) groups is 1. The predicted molar refractivity (Wildman–Crippen MR) is 80.3 cm³/mol. The van der Waals surface area contributed by atoms with Gasteiger partial charge in [0.15, 0.2) is 0 Å². The van der Waals surface area contributed by atoms with Crippen molar-refractivity contribution in [2.24, 2.45) is 5.73 Å². The highest BCUT2D eigenvalue weighted by molar-refractivity contribution is 7.99. The number of hydrogen-bond acceptors (Lipinski definition) is 2. The largest absolute Gasteiger partial charge is 0.329 e. The van der Waals surface area contributed by atoms with Gasteiger partial charge in [-0.2, -0.15) is 0 Å². The average molecular weight is 278 g/mol. The number of benzene rings is 2. The molecule has 0 bridgehead atoms. The minimum absolute atomic E-state index is 0.283. The van der Waals surface area contributed by atoms with Crippen LogP contribution in [0.25, 0.3) is 0 Å². The number of aryl methyl sites for hydroxylation is 1. The maximum Gasteiger partial charge on any atom is 0.0466 e. The molecule has 0 heterocycles. The van der Waals surface area contributed by atoms with E-state index in [0.717, 1.165) is 5.02 Å². The molecule has 3 heteroatoms. The molecule has 2 rings (SSSR count). The van der Waals surface area contributed by atoms with Gasteiger partial charge >= 0.3 is 0 Å². The van der Waals surface area contributed by atoms with Crippen molar-refractivity contribution in [3.8, 4) is 0 Å². The van der Waals surface area contributed by atoms with E-state index in [2.05, 4.69) is 31.2 Å². The van der Waals surface area contributed by atoms with Gasteiger partial charge in [-0.1, -0.05) is 41.4 Å². The maximum atomic E-state index is 5.89. The van der Waals surface area contributed by atoms with Gasteiger partial charge in [0.2, 0.25) is 0 Å². The molecule has 2 aromatic rings. The minimum atomic E-state index is 0.283. The standard InChI is InChI=1S/C15H16ClNS/c1-11-3-2-4-12(9-11)15(10-17)18-14-7-5-13(16)6-8-14/h2-9,15H,10,17H2,1H3. The Morgan fingerprint density at radius 1 is 1.17 bits per heavy atom. The molecule has 0 saturated carbocycles.